The van der Waals surface area contributed by atoms with E-state index in [9.17, 15) is 4.79 Å². The number of rotatable bonds is 2. The normalized spacial score (nSPS) is 15.3. The summed E-state index contributed by atoms with van der Waals surface area (Å²) >= 11 is 1.73. The molecule has 3 rings (SSSR count). The maximum absolute atomic E-state index is 12.4. The molecule has 110 valence electrons. The molecular formula is C15H18N4OS. The van der Waals surface area contributed by atoms with Crippen LogP contribution in [0.2, 0.25) is 0 Å². The lowest BCUT2D eigenvalue weighted by molar-refractivity contribution is 0.0746. The Kier molecular flexibility index (Phi) is 3.88. The second-order valence-corrected chi connectivity index (χ2v) is 6.34. The number of piperazine rings is 1. The van der Waals surface area contributed by atoms with Crippen LogP contribution in [0.25, 0.3) is 0 Å². The highest BCUT2D eigenvalue weighted by atomic mass is 32.1. The molecule has 0 aromatic carbocycles. The van der Waals surface area contributed by atoms with Crippen molar-refractivity contribution in [2.45, 2.75) is 13.8 Å². The van der Waals surface area contributed by atoms with Crippen LogP contribution < -0.4 is 4.90 Å². The molecule has 0 spiro atoms. The van der Waals surface area contributed by atoms with Gasteiger partial charge in [-0.3, -0.25) is 9.78 Å². The molecule has 2 aromatic heterocycles. The number of nitrogens with zero attached hydrogens (tertiary/aromatic N) is 4. The number of pyridine rings is 1. The van der Waals surface area contributed by atoms with Crippen molar-refractivity contribution in [3.8, 4) is 0 Å². The summed E-state index contributed by atoms with van der Waals surface area (Å²) in [4.78, 5) is 26.4. The highest BCUT2D eigenvalue weighted by Gasteiger charge is 2.23. The van der Waals surface area contributed by atoms with Crippen molar-refractivity contribution in [2.24, 2.45) is 0 Å². The van der Waals surface area contributed by atoms with Crippen LogP contribution in [0.15, 0.2) is 24.5 Å². The van der Waals surface area contributed by atoms with Crippen LogP contribution in [-0.4, -0.2) is 47.0 Å². The van der Waals surface area contributed by atoms with Gasteiger partial charge in [0.25, 0.3) is 5.91 Å². The van der Waals surface area contributed by atoms with Crippen LogP contribution in [0.1, 0.15) is 20.9 Å². The second-order valence-electron chi connectivity index (χ2n) is 5.16. The molecule has 6 heteroatoms. The van der Waals surface area contributed by atoms with Gasteiger partial charge in [0, 0.05) is 43.4 Å². The van der Waals surface area contributed by atoms with Crippen LogP contribution in [0, 0.1) is 13.8 Å². The molecule has 0 N–H and O–H groups in total. The molecule has 0 unspecified atom stereocenters. The maximum atomic E-state index is 12.4. The molecule has 1 saturated heterocycles. The van der Waals surface area contributed by atoms with Gasteiger partial charge in [0.05, 0.1) is 11.3 Å². The Balaban J connectivity index is 1.64. The van der Waals surface area contributed by atoms with Crippen LogP contribution in [0.3, 0.4) is 0 Å². The SMILES string of the molecule is Cc1nc(N2CCN(C(=O)c3cccnc3)CC2)sc1C. The van der Waals surface area contributed by atoms with Gasteiger partial charge < -0.3 is 9.80 Å². The van der Waals surface area contributed by atoms with E-state index < -0.39 is 0 Å². The fraction of sp³-hybridized carbons (Fsp3) is 0.400. The maximum Gasteiger partial charge on any atom is 0.255 e. The summed E-state index contributed by atoms with van der Waals surface area (Å²) in [6.45, 7) is 7.25. The van der Waals surface area contributed by atoms with Gasteiger partial charge in [0.1, 0.15) is 0 Å². The third-order valence-corrected chi connectivity index (χ3v) is 4.90. The molecule has 3 heterocycles. The van der Waals surface area contributed by atoms with E-state index in [1.807, 2.05) is 17.9 Å². The molecule has 1 aliphatic heterocycles. The van der Waals surface area contributed by atoms with Crippen molar-refractivity contribution < 1.29 is 4.79 Å². The van der Waals surface area contributed by atoms with Gasteiger partial charge in [-0.05, 0) is 26.0 Å². The molecule has 0 radical (unpaired) electrons. The zero-order valence-corrected chi connectivity index (χ0v) is 13.1. The molecule has 21 heavy (non-hydrogen) atoms. The van der Waals surface area contributed by atoms with Crippen molar-refractivity contribution in [1.82, 2.24) is 14.9 Å². The predicted octanol–water partition coefficient (Wildman–Crippen LogP) is 2.12. The van der Waals surface area contributed by atoms with E-state index in [0.717, 1.165) is 37.0 Å². The molecule has 1 fully saturated rings. The summed E-state index contributed by atoms with van der Waals surface area (Å²) < 4.78 is 0. The summed E-state index contributed by atoms with van der Waals surface area (Å²) in [5, 5.41) is 1.07. The number of aryl methyl sites for hydroxylation is 2. The number of thiazole rings is 1. The van der Waals surface area contributed by atoms with E-state index >= 15 is 0 Å². The molecule has 1 aliphatic rings. The minimum absolute atomic E-state index is 0.0641. The first kappa shape index (κ1) is 14.0. The Morgan fingerprint density at radius 2 is 2.00 bits per heavy atom. The third-order valence-electron chi connectivity index (χ3n) is 3.76. The van der Waals surface area contributed by atoms with E-state index in [4.69, 9.17) is 0 Å². The molecule has 0 bridgehead atoms. The molecule has 5 nitrogen and oxygen atoms in total. The summed E-state index contributed by atoms with van der Waals surface area (Å²) in [5.41, 5.74) is 1.76. The first-order valence-electron chi connectivity index (χ1n) is 7.03. The molecular weight excluding hydrogens is 284 g/mol. The Bertz CT molecular complexity index is 613. The summed E-state index contributed by atoms with van der Waals surface area (Å²) in [6.07, 6.45) is 3.31. The van der Waals surface area contributed by atoms with Gasteiger partial charge in [-0.15, -0.1) is 11.3 Å². The van der Waals surface area contributed by atoms with Crippen molar-refractivity contribution in [2.75, 3.05) is 31.1 Å². The van der Waals surface area contributed by atoms with Crippen LogP contribution in [0.4, 0.5) is 5.13 Å². The fourth-order valence-electron chi connectivity index (χ4n) is 2.36. The number of aromatic nitrogens is 2. The van der Waals surface area contributed by atoms with E-state index in [2.05, 4.69) is 21.8 Å². The van der Waals surface area contributed by atoms with Gasteiger partial charge in [0.15, 0.2) is 5.13 Å². The van der Waals surface area contributed by atoms with Gasteiger partial charge in [0.2, 0.25) is 0 Å². The zero-order valence-electron chi connectivity index (χ0n) is 12.2. The Morgan fingerprint density at radius 3 is 2.57 bits per heavy atom. The highest BCUT2D eigenvalue weighted by Crippen LogP contribution is 2.26. The van der Waals surface area contributed by atoms with E-state index in [1.165, 1.54) is 4.88 Å². The largest absolute Gasteiger partial charge is 0.345 e. The molecule has 0 aliphatic carbocycles. The van der Waals surface area contributed by atoms with E-state index in [-0.39, 0.29) is 5.91 Å². The Morgan fingerprint density at radius 1 is 1.24 bits per heavy atom. The standard InChI is InChI=1S/C15H18N4OS/c1-11-12(2)21-15(17-11)19-8-6-18(7-9-19)14(20)13-4-3-5-16-10-13/h3-5,10H,6-9H2,1-2H3. The number of carbonyl (C=O) groups is 1. The third kappa shape index (κ3) is 2.90. The van der Waals surface area contributed by atoms with Crippen molar-refractivity contribution in [3.05, 3.63) is 40.7 Å². The minimum Gasteiger partial charge on any atom is -0.345 e. The summed E-state index contributed by atoms with van der Waals surface area (Å²) in [6, 6.07) is 3.61. The molecule has 2 aromatic rings. The van der Waals surface area contributed by atoms with Crippen LogP contribution >= 0.6 is 11.3 Å². The quantitative estimate of drug-likeness (QED) is 0.852. The lowest BCUT2D eigenvalue weighted by Gasteiger charge is -2.34. The zero-order chi connectivity index (χ0) is 14.8. The van der Waals surface area contributed by atoms with Crippen molar-refractivity contribution in [3.63, 3.8) is 0 Å². The Labute approximate surface area is 128 Å². The van der Waals surface area contributed by atoms with Gasteiger partial charge in [-0.1, -0.05) is 0 Å². The van der Waals surface area contributed by atoms with Gasteiger partial charge in [-0.25, -0.2) is 4.98 Å². The number of anilines is 1. The lowest BCUT2D eigenvalue weighted by atomic mass is 10.2. The first-order chi connectivity index (χ1) is 10.1. The van der Waals surface area contributed by atoms with Crippen molar-refractivity contribution >= 4 is 22.4 Å². The van der Waals surface area contributed by atoms with Crippen LogP contribution in [0.5, 0.6) is 0 Å². The minimum atomic E-state index is 0.0641. The Hall–Kier alpha value is -1.95. The van der Waals surface area contributed by atoms with Crippen molar-refractivity contribution in [1.29, 1.82) is 0 Å². The number of hydrogen-bond donors (Lipinski definition) is 0. The summed E-state index contributed by atoms with van der Waals surface area (Å²) in [7, 11) is 0. The van der Waals surface area contributed by atoms with Gasteiger partial charge in [-0.2, -0.15) is 0 Å². The average molecular weight is 302 g/mol. The number of amides is 1. The van der Waals surface area contributed by atoms with Crippen LogP contribution in [-0.2, 0) is 0 Å². The van der Waals surface area contributed by atoms with E-state index in [1.54, 1.807) is 29.8 Å². The number of hydrogen-bond acceptors (Lipinski definition) is 5. The molecule has 1 amide bonds. The summed E-state index contributed by atoms with van der Waals surface area (Å²) in [5.74, 6) is 0.0641. The molecule has 0 atom stereocenters. The van der Waals surface area contributed by atoms with Gasteiger partial charge >= 0.3 is 0 Å². The van der Waals surface area contributed by atoms with E-state index in [0.29, 0.717) is 5.56 Å². The number of carbonyl (C=O) groups excluding carboxylic acids is 1. The topological polar surface area (TPSA) is 49.3 Å². The highest BCUT2D eigenvalue weighted by molar-refractivity contribution is 7.15. The fourth-order valence-corrected chi connectivity index (χ4v) is 3.33. The smallest absolute Gasteiger partial charge is 0.255 e. The lowest BCUT2D eigenvalue weighted by Crippen LogP contribution is -2.48. The average Bonchev–Trinajstić information content (AvgIpc) is 2.87. The molecule has 0 saturated carbocycles. The predicted molar refractivity (Wildman–Crippen MR) is 83.9 cm³/mol. The first-order valence-corrected chi connectivity index (χ1v) is 7.85. The monoisotopic (exact) mass is 302 g/mol. The second kappa shape index (κ2) is 5.81.